The maximum absolute atomic E-state index is 12.9. The highest BCUT2D eigenvalue weighted by Crippen LogP contribution is 2.21. The second-order valence-corrected chi connectivity index (χ2v) is 4.32. The average molecular weight is 259 g/mol. The fourth-order valence-corrected chi connectivity index (χ4v) is 1.98. The average Bonchev–Trinajstić information content (AvgIpc) is 2.64. The Kier molecular flexibility index (Phi) is 3.03. The van der Waals surface area contributed by atoms with Gasteiger partial charge in [-0.15, -0.1) is 0 Å². The number of hydrogen-bond acceptors (Lipinski definition) is 2. The summed E-state index contributed by atoms with van der Waals surface area (Å²) in [5, 5.41) is 6.62. The van der Waals surface area contributed by atoms with E-state index in [4.69, 9.17) is 0 Å². The first-order chi connectivity index (χ1) is 6.75. The molecule has 0 radical (unpaired) electrons. The van der Waals surface area contributed by atoms with Gasteiger partial charge in [-0.1, -0.05) is 0 Å². The lowest BCUT2D eigenvalue weighted by Gasteiger charge is -2.12. The Hall–Kier alpha value is -0.610. The quantitative estimate of drug-likeness (QED) is 0.852. The zero-order valence-electron chi connectivity index (χ0n) is 7.69. The first-order valence-electron chi connectivity index (χ1n) is 4.68. The zero-order chi connectivity index (χ0) is 9.97. The van der Waals surface area contributed by atoms with E-state index < -0.39 is 0 Å². The molecule has 1 fully saturated rings. The summed E-state index contributed by atoms with van der Waals surface area (Å²) in [6, 6.07) is 5.47. The molecule has 0 spiro atoms. The lowest BCUT2D eigenvalue weighted by molar-refractivity contribution is 0.621. The van der Waals surface area contributed by atoms with Crippen LogP contribution in [0.3, 0.4) is 0 Å². The molecule has 0 saturated carbocycles. The maximum Gasteiger partial charge on any atom is 0.137 e. The highest BCUT2D eigenvalue weighted by Gasteiger charge is 2.13. The second kappa shape index (κ2) is 4.28. The van der Waals surface area contributed by atoms with Crippen LogP contribution < -0.4 is 10.6 Å². The molecule has 0 bridgehead atoms. The van der Waals surface area contributed by atoms with Crippen LogP contribution in [-0.4, -0.2) is 19.1 Å². The molecule has 1 atom stereocenters. The third-order valence-corrected chi connectivity index (χ3v) is 2.96. The molecule has 1 unspecified atom stereocenters. The Labute approximate surface area is 91.0 Å². The Balaban J connectivity index is 2.05. The van der Waals surface area contributed by atoms with Gasteiger partial charge in [0, 0.05) is 18.3 Å². The largest absolute Gasteiger partial charge is 0.381 e. The summed E-state index contributed by atoms with van der Waals surface area (Å²) in [4.78, 5) is 0. The fourth-order valence-electron chi connectivity index (χ4n) is 1.60. The standard InChI is InChI=1S/C10H12BrFN2/c11-9-5-7(1-2-10(9)12)14-8-3-4-13-6-8/h1-2,5,8,13-14H,3-4,6H2. The van der Waals surface area contributed by atoms with Gasteiger partial charge in [0.25, 0.3) is 0 Å². The minimum Gasteiger partial charge on any atom is -0.381 e. The van der Waals surface area contributed by atoms with E-state index in [1.165, 1.54) is 6.07 Å². The minimum atomic E-state index is -0.222. The predicted octanol–water partition coefficient (Wildman–Crippen LogP) is 2.36. The summed E-state index contributed by atoms with van der Waals surface area (Å²) in [6.45, 7) is 2.04. The lowest BCUT2D eigenvalue weighted by Crippen LogP contribution is -2.21. The molecule has 0 aliphatic carbocycles. The monoisotopic (exact) mass is 258 g/mol. The second-order valence-electron chi connectivity index (χ2n) is 3.46. The van der Waals surface area contributed by atoms with E-state index in [-0.39, 0.29) is 5.82 Å². The first kappa shape index (κ1) is 9.93. The van der Waals surface area contributed by atoms with Crippen LogP contribution in [-0.2, 0) is 0 Å². The van der Waals surface area contributed by atoms with E-state index in [0.717, 1.165) is 25.2 Å². The molecule has 1 heterocycles. The van der Waals surface area contributed by atoms with Crippen molar-refractivity contribution in [3.8, 4) is 0 Å². The summed E-state index contributed by atoms with van der Waals surface area (Å²) >= 11 is 3.16. The van der Waals surface area contributed by atoms with E-state index in [0.29, 0.717) is 10.5 Å². The summed E-state index contributed by atoms with van der Waals surface area (Å²) in [5.74, 6) is -0.222. The van der Waals surface area contributed by atoms with Gasteiger partial charge in [0.1, 0.15) is 5.82 Å². The molecule has 14 heavy (non-hydrogen) atoms. The van der Waals surface area contributed by atoms with Gasteiger partial charge in [0.05, 0.1) is 4.47 Å². The molecule has 2 rings (SSSR count). The van der Waals surface area contributed by atoms with Crippen molar-refractivity contribution >= 4 is 21.6 Å². The maximum atomic E-state index is 12.9. The molecule has 1 saturated heterocycles. The smallest absolute Gasteiger partial charge is 0.137 e. The number of anilines is 1. The molecular formula is C10H12BrFN2. The van der Waals surface area contributed by atoms with Crippen LogP contribution in [0.1, 0.15) is 6.42 Å². The van der Waals surface area contributed by atoms with Gasteiger partial charge in [-0.3, -0.25) is 0 Å². The molecule has 1 aromatic rings. The first-order valence-corrected chi connectivity index (χ1v) is 5.47. The minimum absolute atomic E-state index is 0.222. The summed E-state index contributed by atoms with van der Waals surface area (Å²) in [5.41, 5.74) is 0.965. The lowest BCUT2D eigenvalue weighted by atomic mass is 10.2. The number of hydrogen-bond donors (Lipinski definition) is 2. The number of benzene rings is 1. The number of nitrogens with one attached hydrogen (secondary N) is 2. The molecular weight excluding hydrogens is 247 g/mol. The fraction of sp³-hybridized carbons (Fsp3) is 0.400. The van der Waals surface area contributed by atoms with Gasteiger partial charge in [0.2, 0.25) is 0 Å². The van der Waals surface area contributed by atoms with Crippen molar-refractivity contribution in [2.45, 2.75) is 12.5 Å². The van der Waals surface area contributed by atoms with Crippen LogP contribution in [0.4, 0.5) is 10.1 Å². The molecule has 2 N–H and O–H groups in total. The zero-order valence-corrected chi connectivity index (χ0v) is 9.27. The van der Waals surface area contributed by atoms with E-state index in [1.54, 1.807) is 12.1 Å². The van der Waals surface area contributed by atoms with E-state index in [2.05, 4.69) is 26.6 Å². The number of rotatable bonds is 2. The SMILES string of the molecule is Fc1ccc(NC2CCNC2)cc1Br. The normalized spacial score (nSPS) is 21.1. The molecule has 1 aliphatic rings. The van der Waals surface area contributed by atoms with Crippen LogP contribution in [0.5, 0.6) is 0 Å². The summed E-state index contributed by atoms with van der Waals surface area (Å²) in [6.07, 6.45) is 1.12. The Bertz CT molecular complexity index is 324. The molecule has 1 aliphatic heterocycles. The number of halogens is 2. The third-order valence-electron chi connectivity index (χ3n) is 2.35. The highest BCUT2D eigenvalue weighted by molar-refractivity contribution is 9.10. The Morgan fingerprint density at radius 3 is 3.00 bits per heavy atom. The van der Waals surface area contributed by atoms with Crippen LogP contribution in [0.2, 0.25) is 0 Å². The van der Waals surface area contributed by atoms with Gasteiger partial charge in [-0.2, -0.15) is 0 Å². The molecule has 1 aromatic carbocycles. The van der Waals surface area contributed by atoms with E-state index in [1.807, 2.05) is 0 Å². The molecule has 0 amide bonds. The van der Waals surface area contributed by atoms with Gasteiger partial charge >= 0.3 is 0 Å². The molecule has 4 heteroatoms. The van der Waals surface area contributed by atoms with Gasteiger partial charge in [-0.25, -0.2) is 4.39 Å². The molecule has 2 nitrogen and oxygen atoms in total. The van der Waals surface area contributed by atoms with Gasteiger partial charge in [0.15, 0.2) is 0 Å². The van der Waals surface area contributed by atoms with Crippen molar-refractivity contribution in [2.24, 2.45) is 0 Å². The van der Waals surface area contributed by atoms with Crippen LogP contribution >= 0.6 is 15.9 Å². The van der Waals surface area contributed by atoms with Gasteiger partial charge < -0.3 is 10.6 Å². The van der Waals surface area contributed by atoms with Crippen molar-refractivity contribution in [1.82, 2.24) is 5.32 Å². The Morgan fingerprint density at radius 1 is 1.50 bits per heavy atom. The summed E-state index contributed by atoms with van der Waals surface area (Å²) in [7, 11) is 0. The van der Waals surface area contributed by atoms with E-state index >= 15 is 0 Å². The molecule has 0 aromatic heterocycles. The van der Waals surface area contributed by atoms with Crippen LogP contribution in [0, 0.1) is 5.82 Å². The van der Waals surface area contributed by atoms with E-state index in [9.17, 15) is 4.39 Å². The van der Waals surface area contributed by atoms with Crippen molar-refractivity contribution in [1.29, 1.82) is 0 Å². The van der Waals surface area contributed by atoms with Crippen LogP contribution in [0.15, 0.2) is 22.7 Å². The highest BCUT2D eigenvalue weighted by atomic mass is 79.9. The predicted molar refractivity (Wildman–Crippen MR) is 59.0 cm³/mol. The topological polar surface area (TPSA) is 24.1 Å². The molecule has 76 valence electrons. The Morgan fingerprint density at radius 2 is 2.36 bits per heavy atom. The van der Waals surface area contributed by atoms with Crippen LogP contribution in [0.25, 0.3) is 0 Å². The van der Waals surface area contributed by atoms with Crippen molar-refractivity contribution in [3.05, 3.63) is 28.5 Å². The van der Waals surface area contributed by atoms with Crippen molar-refractivity contribution < 1.29 is 4.39 Å². The summed E-state index contributed by atoms with van der Waals surface area (Å²) < 4.78 is 13.4. The van der Waals surface area contributed by atoms with Crippen molar-refractivity contribution in [2.75, 3.05) is 18.4 Å². The third kappa shape index (κ3) is 2.25. The van der Waals surface area contributed by atoms with Crippen molar-refractivity contribution in [3.63, 3.8) is 0 Å². The van der Waals surface area contributed by atoms with Gasteiger partial charge in [-0.05, 0) is 47.1 Å².